The quantitative estimate of drug-likeness (QED) is 0.620. The molecule has 24 heavy (non-hydrogen) atoms. The fourth-order valence-electron chi connectivity index (χ4n) is 2.33. The van der Waals surface area contributed by atoms with Crippen molar-refractivity contribution in [1.29, 1.82) is 0 Å². The van der Waals surface area contributed by atoms with Gasteiger partial charge in [0.25, 0.3) is 0 Å². The topological polar surface area (TPSA) is 25.8 Å². The Morgan fingerprint density at radius 1 is 1.12 bits per heavy atom. The van der Waals surface area contributed by atoms with Crippen LogP contribution in [-0.4, -0.2) is 10.2 Å². The standard InChI is InChI=1S/C19H17ClF2N2/c1-5-15(21)10-16(22)12(3)17-18(13(4)23-24-19(17)20)14-8-6-11(2)7-9-14/h5-10H,1H2,2-4H3/b15-10+,16-12-. The zero-order chi connectivity index (χ0) is 17.9. The number of rotatable bonds is 4. The zero-order valence-corrected chi connectivity index (χ0v) is 14.5. The molecule has 1 aromatic carbocycles. The molecule has 1 aromatic heterocycles. The number of aromatic nitrogens is 2. The molecule has 0 spiro atoms. The highest BCUT2D eigenvalue weighted by atomic mass is 35.5. The molecule has 0 amide bonds. The number of benzene rings is 1. The van der Waals surface area contributed by atoms with Crippen molar-refractivity contribution >= 4 is 17.2 Å². The van der Waals surface area contributed by atoms with Crippen LogP contribution in [0.5, 0.6) is 0 Å². The van der Waals surface area contributed by atoms with E-state index in [0.717, 1.165) is 23.3 Å². The molecule has 0 bridgehead atoms. The van der Waals surface area contributed by atoms with Crippen LogP contribution >= 0.6 is 11.6 Å². The van der Waals surface area contributed by atoms with Crippen LogP contribution in [0.4, 0.5) is 8.78 Å². The molecule has 0 unspecified atom stereocenters. The maximum atomic E-state index is 14.4. The van der Waals surface area contributed by atoms with Crippen molar-refractivity contribution in [1.82, 2.24) is 10.2 Å². The molecule has 0 N–H and O–H groups in total. The van der Waals surface area contributed by atoms with Gasteiger partial charge in [-0.15, -0.1) is 5.10 Å². The minimum atomic E-state index is -0.765. The number of hydrogen-bond donors (Lipinski definition) is 0. The van der Waals surface area contributed by atoms with Gasteiger partial charge in [0, 0.05) is 17.2 Å². The van der Waals surface area contributed by atoms with Gasteiger partial charge in [0.05, 0.1) is 5.69 Å². The summed E-state index contributed by atoms with van der Waals surface area (Å²) in [6, 6.07) is 7.70. The molecule has 2 aromatic rings. The van der Waals surface area contributed by atoms with Crippen molar-refractivity contribution in [3.63, 3.8) is 0 Å². The predicted molar refractivity (Wildman–Crippen MR) is 95.0 cm³/mol. The van der Waals surface area contributed by atoms with Crippen LogP contribution in [0.3, 0.4) is 0 Å². The van der Waals surface area contributed by atoms with Gasteiger partial charge in [-0.05, 0) is 38.0 Å². The molecule has 0 aliphatic carbocycles. The number of allylic oxidation sites excluding steroid dienone is 5. The molecule has 0 fully saturated rings. The van der Waals surface area contributed by atoms with E-state index in [0.29, 0.717) is 16.8 Å². The summed E-state index contributed by atoms with van der Waals surface area (Å²) in [5.41, 5.74) is 3.81. The average molecular weight is 347 g/mol. The molecular formula is C19H17ClF2N2. The fourth-order valence-corrected chi connectivity index (χ4v) is 2.60. The van der Waals surface area contributed by atoms with Gasteiger partial charge in [0.15, 0.2) is 5.15 Å². The molecular weight excluding hydrogens is 330 g/mol. The van der Waals surface area contributed by atoms with Crippen molar-refractivity contribution in [2.24, 2.45) is 0 Å². The normalized spacial score (nSPS) is 12.8. The first-order chi connectivity index (χ1) is 11.3. The van der Waals surface area contributed by atoms with Crippen LogP contribution in [-0.2, 0) is 0 Å². The molecule has 0 atom stereocenters. The molecule has 0 aliphatic rings. The van der Waals surface area contributed by atoms with E-state index in [2.05, 4.69) is 16.8 Å². The van der Waals surface area contributed by atoms with Crippen LogP contribution in [0.2, 0.25) is 5.15 Å². The minimum Gasteiger partial charge on any atom is -0.207 e. The number of hydrogen-bond acceptors (Lipinski definition) is 2. The summed E-state index contributed by atoms with van der Waals surface area (Å²) in [6.45, 7) is 8.55. The average Bonchev–Trinajstić information content (AvgIpc) is 2.56. The largest absolute Gasteiger partial charge is 0.207 e. The van der Waals surface area contributed by atoms with Crippen molar-refractivity contribution in [3.8, 4) is 11.1 Å². The molecule has 1 heterocycles. The first-order valence-corrected chi connectivity index (χ1v) is 7.69. The Balaban J connectivity index is 2.75. The minimum absolute atomic E-state index is 0.0660. The lowest BCUT2D eigenvalue weighted by Crippen LogP contribution is -2.00. The van der Waals surface area contributed by atoms with E-state index >= 15 is 0 Å². The first kappa shape index (κ1) is 18.0. The molecule has 0 saturated heterocycles. The van der Waals surface area contributed by atoms with Crippen molar-refractivity contribution in [2.75, 3.05) is 0 Å². The SMILES string of the molecule is C=C/C(F)=C\C(F)=C(/C)c1c(Cl)nnc(C)c1-c1ccc(C)cc1. The van der Waals surface area contributed by atoms with Gasteiger partial charge in [-0.2, -0.15) is 5.10 Å². The third kappa shape index (κ3) is 3.77. The van der Waals surface area contributed by atoms with E-state index in [4.69, 9.17) is 11.6 Å². The van der Waals surface area contributed by atoms with Crippen LogP contribution in [0.1, 0.15) is 23.7 Å². The summed E-state index contributed by atoms with van der Waals surface area (Å²) in [4.78, 5) is 0. The van der Waals surface area contributed by atoms with Crippen LogP contribution < -0.4 is 0 Å². The van der Waals surface area contributed by atoms with Gasteiger partial charge < -0.3 is 0 Å². The smallest absolute Gasteiger partial charge is 0.159 e. The van der Waals surface area contributed by atoms with Gasteiger partial charge in [-0.1, -0.05) is 48.0 Å². The number of halogens is 3. The fraction of sp³-hybridized carbons (Fsp3) is 0.158. The van der Waals surface area contributed by atoms with Crippen LogP contribution in [0.15, 0.2) is 54.7 Å². The lowest BCUT2D eigenvalue weighted by atomic mass is 9.94. The summed E-state index contributed by atoms with van der Waals surface area (Å²) in [5, 5.41) is 7.96. The Labute approximate surface area is 145 Å². The molecule has 0 saturated carbocycles. The van der Waals surface area contributed by atoms with Gasteiger partial charge in [0.2, 0.25) is 0 Å². The molecule has 0 radical (unpaired) electrons. The summed E-state index contributed by atoms with van der Waals surface area (Å²) in [6.07, 6.45) is 1.71. The predicted octanol–water partition coefficient (Wildman–Crippen LogP) is 6.15. The lowest BCUT2D eigenvalue weighted by molar-refractivity contribution is 0.632. The van der Waals surface area contributed by atoms with E-state index in [1.807, 2.05) is 31.2 Å². The Morgan fingerprint density at radius 2 is 1.75 bits per heavy atom. The van der Waals surface area contributed by atoms with Gasteiger partial charge in [-0.3, -0.25) is 0 Å². The molecule has 0 aliphatic heterocycles. The summed E-state index contributed by atoms with van der Waals surface area (Å²) < 4.78 is 27.7. The Bertz CT molecular complexity index is 837. The highest BCUT2D eigenvalue weighted by Gasteiger charge is 2.18. The monoisotopic (exact) mass is 346 g/mol. The van der Waals surface area contributed by atoms with E-state index in [9.17, 15) is 8.78 Å². The van der Waals surface area contributed by atoms with Crippen LogP contribution in [0, 0.1) is 13.8 Å². The summed E-state index contributed by atoms with van der Waals surface area (Å²) >= 11 is 6.18. The summed E-state index contributed by atoms with van der Waals surface area (Å²) in [7, 11) is 0. The van der Waals surface area contributed by atoms with E-state index in [1.54, 1.807) is 6.92 Å². The van der Waals surface area contributed by atoms with Crippen LogP contribution in [0.25, 0.3) is 16.7 Å². The number of nitrogens with zero attached hydrogens (tertiary/aromatic N) is 2. The number of aryl methyl sites for hydroxylation is 2. The molecule has 5 heteroatoms. The molecule has 2 rings (SSSR count). The second-order valence-corrected chi connectivity index (χ2v) is 5.76. The third-order valence-corrected chi connectivity index (χ3v) is 3.90. The van der Waals surface area contributed by atoms with E-state index < -0.39 is 11.7 Å². The molecule has 124 valence electrons. The van der Waals surface area contributed by atoms with Crippen molar-refractivity contribution < 1.29 is 8.78 Å². The lowest BCUT2D eigenvalue weighted by Gasteiger charge is -2.14. The van der Waals surface area contributed by atoms with Gasteiger partial charge in [0.1, 0.15) is 11.7 Å². The second-order valence-electron chi connectivity index (χ2n) is 5.40. The van der Waals surface area contributed by atoms with Crippen molar-refractivity contribution in [2.45, 2.75) is 20.8 Å². The third-order valence-electron chi connectivity index (χ3n) is 3.64. The zero-order valence-electron chi connectivity index (χ0n) is 13.7. The maximum absolute atomic E-state index is 14.4. The Hall–Kier alpha value is -2.33. The Kier molecular flexibility index (Phi) is 5.62. The Morgan fingerprint density at radius 3 is 2.33 bits per heavy atom. The molecule has 2 nitrogen and oxygen atoms in total. The van der Waals surface area contributed by atoms with Gasteiger partial charge >= 0.3 is 0 Å². The van der Waals surface area contributed by atoms with E-state index in [-0.39, 0.29) is 10.7 Å². The van der Waals surface area contributed by atoms with Gasteiger partial charge in [-0.25, -0.2) is 8.78 Å². The second kappa shape index (κ2) is 7.49. The van der Waals surface area contributed by atoms with Crippen molar-refractivity contribution in [3.05, 3.63) is 76.6 Å². The first-order valence-electron chi connectivity index (χ1n) is 7.31. The highest BCUT2D eigenvalue weighted by molar-refractivity contribution is 6.31. The van der Waals surface area contributed by atoms with E-state index in [1.165, 1.54) is 6.92 Å². The maximum Gasteiger partial charge on any atom is 0.159 e. The highest BCUT2D eigenvalue weighted by Crippen LogP contribution is 2.36. The summed E-state index contributed by atoms with van der Waals surface area (Å²) in [5.74, 6) is -1.51.